The van der Waals surface area contributed by atoms with Gasteiger partial charge in [-0.25, -0.2) is 0 Å². The maximum atomic E-state index is 9.42. The Morgan fingerprint density at radius 1 is 1.17 bits per heavy atom. The van der Waals surface area contributed by atoms with Crippen molar-refractivity contribution in [1.29, 1.82) is 0 Å². The zero-order valence-corrected chi connectivity index (χ0v) is 14.5. The summed E-state index contributed by atoms with van der Waals surface area (Å²) >= 11 is 0. The van der Waals surface area contributed by atoms with Gasteiger partial charge in [0.2, 0.25) is 0 Å². The lowest BCUT2D eigenvalue weighted by Gasteiger charge is -2.47. The van der Waals surface area contributed by atoms with Crippen LogP contribution in [0.25, 0.3) is 0 Å². The van der Waals surface area contributed by atoms with Gasteiger partial charge < -0.3 is 14.6 Å². The highest BCUT2D eigenvalue weighted by Gasteiger charge is 2.38. The Balaban J connectivity index is 1.92. The molecule has 2 heterocycles. The molecule has 0 bridgehead atoms. The zero-order chi connectivity index (χ0) is 16.4. The molecule has 1 fully saturated rings. The Labute approximate surface area is 139 Å². The zero-order valence-electron chi connectivity index (χ0n) is 14.5. The van der Waals surface area contributed by atoms with Gasteiger partial charge in [-0.1, -0.05) is 13.3 Å². The van der Waals surface area contributed by atoms with Gasteiger partial charge in [0, 0.05) is 25.7 Å². The molecular weight excluding hydrogens is 290 g/mol. The first-order valence-corrected chi connectivity index (χ1v) is 8.81. The van der Waals surface area contributed by atoms with Crippen molar-refractivity contribution in [3.63, 3.8) is 0 Å². The van der Waals surface area contributed by atoms with Crippen molar-refractivity contribution in [2.45, 2.75) is 38.6 Å². The number of aliphatic hydroxyl groups is 1. The molecule has 3 atom stereocenters. The van der Waals surface area contributed by atoms with Gasteiger partial charge in [0.15, 0.2) is 11.5 Å². The minimum atomic E-state index is 0.298. The number of piperidine rings is 1. The van der Waals surface area contributed by atoms with Crippen molar-refractivity contribution in [1.82, 2.24) is 4.90 Å². The Morgan fingerprint density at radius 2 is 1.91 bits per heavy atom. The highest BCUT2D eigenvalue weighted by Crippen LogP contribution is 2.45. The summed E-state index contributed by atoms with van der Waals surface area (Å²) in [6.07, 6.45) is 4.34. The summed E-state index contributed by atoms with van der Waals surface area (Å²) in [4.78, 5) is 2.64. The molecule has 128 valence electrons. The van der Waals surface area contributed by atoms with E-state index in [4.69, 9.17) is 9.47 Å². The van der Waals surface area contributed by atoms with Crippen molar-refractivity contribution in [2.75, 3.05) is 33.9 Å². The Bertz CT molecular complexity index is 546. The van der Waals surface area contributed by atoms with Crippen LogP contribution in [-0.2, 0) is 6.42 Å². The number of fused-ring (bicyclic) bond motifs is 3. The Kier molecular flexibility index (Phi) is 5.12. The van der Waals surface area contributed by atoms with Crippen molar-refractivity contribution in [2.24, 2.45) is 11.8 Å². The number of rotatable bonds is 5. The van der Waals surface area contributed by atoms with E-state index in [2.05, 4.69) is 24.0 Å². The second-order valence-corrected chi connectivity index (χ2v) is 6.84. The van der Waals surface area contributed by atoms with Gasteiger partial charge in [0.05, 0.1) is 14.2 Å². The van der Waals surface area contributed by atoms with Gasteiger partial charge in [-0.3, -0.25) is 4.90 Å². The van der Waals surface area contributed by atoms with Crippen LogP contribution in [0.2, 0.25) is 0 Å². The van der Waals surface area contributed by atoms with E-state index in [0.717, 1.165) is 43.9 Å². The van der Waals surface area contributed by atoms with E-state index in [1.807, 2.05) is 0 Å². The molecule has 0 spiro atoms. The molecule has 0 saturated carbocycles. The topological polar surface area (TPSA) is 41.9 Å². The maximum Gasteiger partial charge on any atom is 0.161 e. The lowest BCUT2D eigenvalue weighted by molar-refractivity contribution is 0.0409. The minimum Gasteiger partial charge on any atom is -0.493 e. The summed E-state index contributed by atoms with van der Waals surface area (Å²) < 4.78 is 11.0. The smallest absolute Gasteiger partial charge is 0.161 e. The first-order valence-electron chi connectivity index (χ1n) is 8.81. The quantitative estimate of drug-likeness (QED) is 0.906. The van der Waals surface area contributed by atoms with Crippen LogP contribution >= 0.6 is 0 Å². The lowest BCUT2D eigenvalue weighted by Crippen LogP contribution is -2.46. The minimum absolute atomic E-state index is 0.298. The van der Waals surface area contributed by atoms with Crippen molar-refractivity contribution in [3.8, 4) is 11.5 Å². The van der Waals surface area contributed by atoms with E-state index in [9.17, 15) is 5.11 Å². The molecule has 2 aliphatic heterocycles. The van der Waals surface area contributed by atoms with Crippen LogP contribution in [0.3, 0.4) is 0 Å². The molecule has 1 saturated heterocycles. The molecular formula is C19H29NO3. The van der Waals surface area contributed by atoms with E-state index < -0.39 is 0 Å². The van der Waals surface area contributed by atoms with E-state index >= 15 is 0 Å². The van der Waals surface area contributed by atoms with E-state index in [0.29, 0.717) is 24.5 Å². The fourth-order valence-corrected chi connectivity index (χ4v) is 4.49. The van der Waals surface area contributed by atoms with Gasteiger partial charge in [-0.15, -0.1) is 0 Å². The lowest BCUT2D eigenvalue weighted by atomic mass is 9.74. The molecule has 0 unspecified atom stereocenters. The molecule has 0 amide bonds. The van der Waals surface area contributed by atoms with Gasteiger partial charge in [-0.05, 0) is 54.4 Å². The van der Waals surface area contributed by atoms with Crippen molar-refractivity contribution < 1.29 is 14.6 Å². The second kappa shape index (κ2) is 7.10. The molecule has 0 aromatic heterocycles. The van der Waals surface area contributed by atoms with Crippen LogP contribution < -0.4 is 9.47 Å². The van der Waals surface area contributed by atoms with Gasteiger partial charge in [-0.2, -0.15) is 0 Å². The number of nitrogens with zero attached hydrogens (tertiary/aromatic N) is 1. The summed E-state index contributed by atoms with van der Waals surface area (Å²) in [5, 5.41) is 9.42. The third-order valence-electron chi connectivity index (χ3n) is 5.80. The highest BCUT2D eigenvalue weighted by molar-refractivity contribution is 5.49. The first-order chi connectivity index (χ1) is 11.2. The average Bonchev–Trinajstić information content (AvgIpc) is 2.60. The van der Waals surface area contributed by atoms with Crippen LogP contribution in [0.5, 0.6) is 11.5 Å². The Hall–Kier alpha value is -1.26. The second-order valence-electron chi connectivity index (χ2n) is 6.84. The molecule has 0 radical (unpaired) electrons. The normalized spacial score (nSPS) is 27.2. The van der Waals surface area contributed by atoms with E-state index in [1.165, 1.54) is 17.5 Å². The number of hydrogen-bond donors (Lipinski definition) is 1. The third kappa shape index (κ3) is 3.07. The predicted molar refractivity (Wildman–Crippen MR) is 91.2 cm³/mol. The van der Waals surface area contributed by atoms with Crippen LogP contribution in [0, 0.1) is 11.8 Å². The maximum absolute atomic E-state index is 9.42. The molecule has 1 aromatic rings. The molecule has 0 aliphatic carbocycles. The number of hydrogen-bond acceptors (Lipinski definition) is 4. The molecule has 3 rings (SSSR count). The summed E-state index contributed by atoms with van der Waals surface area (Å²) in [5.41, 5.74) is 2.79. The van der Waals surface area contributed by atoms with Gasteiger partial charge >= 0.3 is 0 Å². The van der Waals surface area contributed by atoms with Crippen LogP contribution in [-0.4, -0.2) is 43.9 Å². The molecule has 4 nitrogen and oxygen atoms in total. The number of aliphatic hydroxyl groups excluding tert-OH is 1. The monoisotopic (exact) mass is 319 g/mol. The Morgan fingerprint density at radius 3 is 2.57 bits per heavy atom. The first kappa shape index (κ1) is 16.6. The largest absolute Gasteiger partial charge is 0.493 e. The fraction of sp³-hybridized carbons (Fsp3) is 0.684. The number of benzene rings is 1. The number of methoxy groups -OCH3 is 2. The molecule has 2 aliphatic rings. The van der Waals surface area contributed by atoms with E-state index in [1.54, 1.807) is 14.2 Å². The van der Waals surface area contributed by atoms with Gasteiger partial charge in [0.25, 0.3) is 0 Å². The van der Waals surface area contributed by atoms with E-state index in [-0.39, 0.29) is 0 Å². The fourth-order valence-electron chi connectivity index (χ4n) is 4.49. The van der Waals surface area contributed by atoms with Gasteiger partial charge in [0.1, 0.15) is 0 Å². The average molecular weight is 319 g/mol. The molecule has 1 N–H and O–H groups in total. The van der Waals surface area contributed by atoms with Crippen LogP contribution in [0.15, 0.2) is 12.1 Å². The van der Waals surface area contributed by atoms with Crippen LogP contribution in [0.1, 0.15) is 43.4 Å². The molecule has 1 aromatic carbocycles. The summed E-state index contributed by atoms with van der Waals surface area (Å²) in [6.45, 7) is 4.85. The standard InChI is InChI=1S/C19H29NO3/c1-4-13-12-20-7-5-15-10-18(22-2)19(23-3)11-16(15)17(20)9-14(13)6-8-21/h10-11,13-14,17,21H,4-9,12H2,1-3H3/t13-,14-,17-/m0/s1. The van der Waals surface area contributed by atoms with Crippen LogP contribution in [0.4, 0.5) is 0 Å². The molecule has 4 heteroatoms. The summed E-state index contributed by atoms with van der Waals surface area (Å²) in [6, 6.07) is 4.78. The predicted octanol–water partition coefficient (Wildman–Crippen LogP) is 3.03. The number of ether oxygens (including phenoxy) is 2. The van der Waals surface area contributed by atoms with Crippen molar-refractivity contribution in [3.05, 3.63) is 23.3 Å². The molecule has 23 heavy (non-hydrogen) atoms. The summed E-state index contributed by atoms with van der Waals surface area (Å²) in [7, 11) is 3.40. The SMILES string of the molecule is CC[C@H]1CN2CCc3cc(OC)c(OC)cc3[C@@H]2C[C@@H]1CCO. The summed E-state index contributed by atoms with van der Waals surface area (Å²) in [5.74, 6) is 2.98. The highest BCUT2D eigenvalue weighted by atomic mass is 16.5. The van der Waals surface area contributed by atoms with Crippen molar-refractivity contribution >= 4 is 0 Å². The third-order valence-corrected chi connectivity index (χ3v) is 5.80.